The Morgan fingerprint density at radius 2 is 1.96 bits per heavy atom. The van der Waals surface area contributed by atoms with Crippen molar-refractivity contribution in [3.63, 3.8) is 0 Å². The van der Waals surface area contributed by atoms with E-state index in [0.29, 0.717) is 6.54 Å². The fourth-order valence-electron chi connectivity index (χ4n) is 3.22. The summed E-state index contributed by atoms with van der Waals surface area (Å²) in [7, 11) is -3.82. The third kappa shape index (κ3) is 3.81. The van der Waals surface area contributed by atoms with Crippen molar-refractivity contribution in [1.29, 1.82) is 0 Å². The van der Waals surface area contributed by atoms with Gasteiger partial charge in [0.2, 0.25) is 26.6 Å². The fourth-order valence-corrected chi connectivity index (χ4v) is 4.52. The second-order valence-corrected chi connectivity index (χ2v) is 8.72. The van der Waals surface area contributed by atoms with Crippen LogP contribution in [0.1, 0.15) is 18.4 Å². The molecule has 1 saturated heterocycles. The van der Waals surface area contributed by atoms with Gasteiger partial charge in [-0.05, 0) is 44.0 Å². The summed E-state index contributed by atoms with van der Waals surface area (Å²) in [6, 6.07) is 15.9. The zero-order valence-electron chi connectivity index (χ0n) is 15.6. The minimum Gasteiger partial charge on any atom is -0.419 e. The molecule has 1 atom stereocenters. The quantitative estimate of drug-likeness (QED) is 0.674. The van der Waals surface area contributed by atoms with Gasteiger partial charge in [0.25, 0.3) is 0 Å². The molecule has 0 unspecified atom stereocenters. The number of nitrogens with zero attached hydrogens (tertiary/aromatic N) is 1. The first-order valence-corrected chi connectivity index (χ1v) is 10.8. The molecular formula is C21H22N2O4S. The van der Waals surface area contributed by atoms with Gasteiger partial charge >= 0.3 is 0 Å². The highest BCUT2D eigenvalue weighted by molar-refractivity contribution is 7.91. The summed E-state index contributed by atoms with van der Waals surface area (Å²) in [6.45, 7) is 3.16. The van der Waals surface area contributed by atoms with Gasteiger partial charge in [0.05, 0.1) is 11.0 Å². The molecule has 28 heavy (non-hydrogen) atoms. The van der Waals surface area contributed by atoms with E-state index in [2.05, 4.69) is 10.3 Å². The van der Waals surface area contributed by atoms with Crippen LogP contribution < -0.4 is 5.32 Å². The monoisotopic (exact) mass is 398 g/mol. The van der Waals surface area contributed by atoms with Crippen molar-refractivity contribution in [3.05, 3.63) is 60.2 Å². The summed E-state index contributed by atoms with van der Waals surface area (Å²) in [6.07, 6.45) is 1.99. The Kier molecular flexibility index (Phi) is 5.19. The second kappa shape index (κ2) is 7.77. The van der Waals surface area contributed by atoms with E-state index in [1.54, 1.807) is 30.3 Å². The average molecular weight is 398 g/mol. The smallest absolute Gasteiger partial charge is 0.233 e. The summed E-state index contributed by atoms with van der Waals surface area (Å²) in [5, 5.41) is 3.00. The van der Waals surface area contributed by atoms with Crippen LogP contribution in [0.15, 0.2) is 68.9 Å². The lowest BCUT2D eigenvalue weighted by Gasteiger charge is -2.10. The standard InChI is InChI=1S/C21H22N2O4S/c1-15-7-5-8-16(13-15)19-23-21(28(24,25)18-10-3-2-4-11-18)20(27-19)22-14-17-9-6-12-26-17/h2-5,7-8,10-11,13,17,22H,6,9,12,14H2,1H3/t17-/m0/s1. The van der Waals surface area contributed by atoms with E-state index in [1.807, 2.05) is 31.2 Å². The molecule has 1 aromatic heterocycles. The number of hydrogen-bond donors (Lipinski definition) is 1. The third-order valence-corrected chi connectivity index (χ3v) is 6.36. The molecule has 0 bridgehead atoms. The van der Waals surface area contributed by atoms with Gasteiger partial charge in [-0.25, -0.2) is 8.42 Å². The highest BCUT2D eigenvalue weighted by Gasteiger charge is 2.29. The van der Waals surface area contributed by atoms with E-state index in [4.69, 9.17) is 9.15 Å². The maximum atomic E-state index is 13.2. The number of aromatic nitrogens is 1. The van der Waals surface area contributed by atoms with Gasteiger partial charge in [0, 0.05) is 18.7 Å². The number of rotatable bonds is 6. The predicted molar refractivity (Wildman–Crippen MR) is 106 cm³/mol. The molecule has 4 rings (SSSR count). The van der Waals surface area contributed by atoms with Crippen molar-refractivity contribution in [3.8, 4) is 11.5 Å². The minimum absolute atomic E-state index is 0.0415. The van der Waals surface area contributed by atoms with Crippen molar-refractivity contribution in [2.75, 3.05) is 18.5 Å². The summed E-state index contributed by atoms with van der Waals surface area (Å²) < 4.78 is 37.8. The molecule has 2 aromatic carbocycles. The molecule has 7 heteroatoms. The molecule has 2 heterocycles. The SMILES string of the molecule is Cc1cccc(-c2nc(S(=O)(=O)c3ccccc3)c(NC[C@@H]3CCCO3)o2)c1. The molecule has 6 nitrogen and oxygen atoms in total. The van der Waals surface area contributed by atoms with Crippen molar-refractivity contribution in [2.45, 2.75) is 35.8 Å². The minimum atomic E-state index is -3.82. The zero-order chi connectivity index (χ0) is 19.6. The number of nitrogens with one attached hydrogen (secondary N) is 1. The number of hydrogen-bond acceptors (Lipinski definition) is 6. The van der Waals surface area contributed by atoms with Crippen LogP contribution >= 0.6 is 0 Å². The third-order valence-electron chi connectivity index (χ3n) is 4.68. The van der Waals surface area contributed by atoms with Gasteiger partial charge < -0.3 is 14.5 Å². The molecule has 1 N–H and O–H groups in total. The molecule has 1 aliphatic heterocycles. The Morgan fingerprint density at radius 1 is 1.14 bits per heavy atom. The van der Waals surface area contributed by atoms with Gasteiger partial charge in [0.15, 0.2) is 0 Å². The van der Waals surface area contributed by atoms with Crippen molar-refractivity contribution in [2.24, 2.45) is 0 Å². The molecular weight excluding hydrogens is 376 g/mol. The van der Waals surface area contributed by atoms with Crippen LogP contribution in [-0.2, 0) is 14.6 Å². The van der Waals surface area contributed by atoms with E-state index >= 15 is 0 Å². The maximum Gasteiger partial charge on any atom is 0.233 e. The lowest BCUT2D eigenvalue weighted by molar-refractivity contribution is 0.120. The van der Waals surface area contributed by atoms with Gasteiger partial charge in [0.1, 0.15) is 0 Å². The Hall–Kier alpha value is -2.64. The normalized spacial score (nSPS) is 17.0. The summed E-state index contributed by atoms with van der Waals surface area (Å²) in [4.78, 5) is 4.54. The fraction of sp³-hybridized carbons (Fsp3) is 0.286. The summed E-state index contributed by atoms with van der Waals surface area (Å²) in [5.41, 5.74) is 1.77. The Bertz CT molecular complexity index is 1060. The summed E-state index contributed by atoms with van der Waals surface area (Å²) >= 11 is 0. The molecule has 3 aromatic rings. The van der Waals surface area contributed by atoms with Gasteiger partial charge in [-0.15, -0.1) is 0 Å². The highest BCUT2D eigenvalue weighted by Crippen LogP contribution is 2.32. The first-order chi connectivity index (χ1) is 13.5. The van der Waals surface area contributed by atoms with E-state index in [0.717, 1.165) is 30.6 Å². The number of oxazole rings is 1. The predicted octanol–water partition coefficient (Wildman–Crippen LogP) is 4.07. The number of benzene rings is 2. The molecule has 0 amide bonds. The lowest BCUT2D eigenvalue weighted by atomic mass is 10.1. The average Bonchev–Trinajstić information content (AvgIpc) is 3.37. The van der Waals surface area contributed by atoms with Crippen LogP contribution in [0, 0.1) is 6.92 Å². The van der Waals surface area contributed by atoms with E-state index in [1.165, 1.54) is 0 Å². The zero-order valence-corrected chi connectivity index (χ0v) is 16.4. The Balaban J connectivity index is 1.74. The second-order valence-electron chi connectivity index (χ2n) is 6.86. The topological polar surface area (TPSA) is 81.4 Å². The number of anilines is 1. The summed E-state index contributed by atoms with van der Waals surface area (Å²) in [5.74, 6) is 0.420. The number of ether oxygens (including phenoxy) is 1. The molecule has 0 aliphatic carbocycles. The van der Waals surface area contributed by atoms with Crippen LogP contribution in [-0.4, -0.2) is 32.7 Å². The number of aryl methyl sites for hydroxylation is 1. The van der Waals surface area contributed by atoms with Gasteiger partial charge in [-0.1, -0.05) is 35.9 Å². The number of sulfone groups is 1. The first-order valence-electron chi connectivity index (χ1n) is 9.27. The van der Waals surface area contributed by atoms with Crippen LogP contribution in [0.3, 0.4) is 0 Å². The van der Waals surface area contributed by atoms with Crippen molar-refractivity contribution in [1.82, 2.24) is 4.98 Å². The van der Waals surface area contributed by atoms with Crippen LogP contribution in [0.5, 0.6) is 0 Å². The highest BCUT2D eigenvalue weighted by atomic mass is 32.2. The molecule has 1 aliphatic rings. The van der Waals surface area contributed by atoms with E-state index in [-0.39, 0.29) is 27.8 Å². The molecule has 0 spiro atoms. The lowest BCUT2D eigenvalue weighted by Crippen LogP contribution is -2.19. The van der Waals surface area contributed by atoms with Crippen LogP contribution in [0.25, 0.3) is 11.5 Å². The maximum absolute atomic E-state index is 13.2. The molecule has 1 fully saturated rings. The van der Waals surface area contributed by atoms with Gasteiger partial charge in [-0.2, -0.15) is 4.98 Å². The molecule has 146 valence electrons. The first kappa shape index (κ1) is 18.7. The Labute approximate surface area is 164 Å². The largest absolute Gasteiger partial charge is 0.419 e. The van der Waals surface area contributed by atoms with Crippen molar-refractivity contribution < 1.29 is 17.6 Å². The Morgan fingerprint density at radius 3 is 2.68 bits per heavy atom. The van der Waals surface area contributed by atoms with E-state index < -0.39 is 9.84 Å². The van der Waals surface area contributed by atoms with Gasteiger partial charge in [-0.3, -0.25) is 0 Å². The molecule has 0 radical (unpaired) electrons. The van der Waals surface area contributed by atoms with Crippen molar-refractivity contribution >= 4 is 15.7 Å². The van der Waals surface area contributed by atoms with Crippen LogP contribution in [0.2, 0.25) is 0 Å². The molecule has 0 saturated carbocycles. The van der Waals surface area contributed by atoms with E-state index in [9.17, 15) is 8.42 Å². The van der Waals surface area contributed by atoms with Crippen LogP contribution in [0.4, 0.5) is 5.88 Å².